The van der Waals surface area contributed by atoms with Gasteiger partial charge in [-0.05, 0) is 45.4 Å². The SMILES string of the molecule is CCCc1nc(C)c2c(=O)[nH]c(-c3cc(S(=O)(=O)N4CCN(P(=O)(OC)OC)CC4C)ccc3OCC)nn12. The van der Waals surface area contributed by atoms with Crippen LogP contribution in [0, 0.1) is 6.92 Å². The van der Waals surface area contributed by atoms with Gasteiger partial charge in [0.05, 0.1) is 22.8 Å². The number of imidazole rings is 1. The molecule has 0 bridgehead atoms. The van der Waals surface area contributed by atoms with Crippen molar-refractivity contribution in [1.29, 1.82) is 0 Å². The molecule has 1 fully saturated rings. The first kappa shape index (κ1) is 29.4. The van der Waals surface area contributed by atoms with Gasteiger partial charge in [-0.1, -0.05) is 6.92 Å². The predicted molar refractivity (Wildman–Crippen MR) is 145 cm³/mol. The van der Waals surface area contributed by atoms with E-state index in [4.69, 9.17) is 13.8 Å². The number of H-pyrrole nitrogens is 1. The molecule has 0 amide bonds. The normalized spacial score (nSPS) is 17.6. The number of benzene rings is 1. The highest BCUT2D eigenvalue weighted by Gasteiger charge is 2.41. The maximum Gasteiger partial charge on any atom is 0.407 e. The van der Waals surface area contributed by atoms with Crippen molar-refractivity contribution >= 4 is 23.3 Å². The minimum Gasteiger partial charge on any atom is -0.493 e. The summed E-state index contributed by atoms with van der Waals surface area (Å²) < 4.78 is 60.8. The molecule has 1 atom stereocenters. The highest BCUT2D eigenvalue weighted by atomic mass is 32.2. The molecule has 0 spiro atoms. The van der Waals surface area contributed by atoms with Crippen molar-refractivity contribution < 1.29 is 26.8 Å². The fourth-order valence-electron chi connectivity index (χ4n) is 4.82. The van der Waals surface area contributed by atoms with Gasteiger partial charge in [-0.2, -0.15) is 4.31 Å². The van der Waals surface area contributed by atoms with Gasteiger partial charge in [0, 0.05) is 46.3 Å². The van der Waals surface area contributed by atoms with E-state index in [9.17, 15) is 17.8 Å². The first-order valence-electron chi connectivity index (χ1n) is 12.7. The van der Waals surface area contributed by atoms with Crippen molar-refractivity contribution in [2.45, 2.75) is 51.5 Å². The zero-order chi connectivity index (χ0) is 28.5. The summed E-state index contributed by atoms with van der Waals surface area (Å²) in [5.41, 5.74) is 0.869. The first-order chi connectivity index (χ1) is 18.5. The maximum absolute atomic E-state index is 13.8. The molecule has 0 aliphatic carbocycles. The molecule has 1 N–H and O–H groups in total. The molecule has 3 heterocycles. The lowest BCUT2D eigenvalue weighted by atomic mass is 10.2. The van der Waals surface area contributed by atoms with Crippen molar-refractivity contribution in [3.05, 3.63) is 40.1 Å². The van der Waals surface area contributed by atoms with E-state index in [0.717, 1.165) is 6.42 Å². The van der Waals surface area contributed by atoms with Gasteiger partial charge in [0.2, 0.25) is 10.0 Å². The summed E-state index contributed by atoms with van der Waals surface area (Å²) in [5.74, 6) is 1.20. The van der Waals surface area contributed by atoms with Gasteiger partial charge in [0.1, 0.15) is 11.6 Å². The van der Waals surface area contributed by atoms with Gasteiger partial charge >= 0.3 is 7.75 Å². The van der Waals surface area contributed by atoms with Crippen LogP contribution in [0.4, 0.5) is 0 Å². The van der Waals surface area contributed by atoms with E-state index < -0.39 is 23.8 Å². The Morgan fingerprint density at radius 1 is 1.18 bits per heavy atom. The topological polar surface area (TPSA) is 148 Å². The molecule has 0 saturated carbocycles. The molecule has 1 saturated heterocycles. The van der Waals surface area contributed by atoms with Crippen molar-refractivity contribution in [1.82, 2.24) is 28.6 Å². The number of aromatic amines is 1. The summed E-state index contributed by atoms with van der Waals surface area (Å²) in [6, 6.07) is 3.98. The quantitative estimate of drug-likeness (QED) is 0.354. The fourth-order valence-corrected chi connectivity index (χ4v) is 7.84. The number of fused-ring (bicyclic) bond motifs is 1. The zero-order valence-corrected chi connectivity index (χ0v) is 24.7. The summed E-state index contributed by atoms with van der Waals surface area (Å²) in [4.78, 5) is 20.3. The number of hydrogen-bond donors (Lipinski definition) is 1. The van der Waals surface area contributed by atoms with Gasteiger partial charge < -0.3 is 9.72 Å². The number of rotatable bonds is 10. The average molecular weight is 583 g/mol. The van der Waals surface area contributed by atoms with Gasteiger partial charge in [-0.25, -0.2) is 27.2 Å². The minimum atomic E-state index is -3.98. The lowest BCUT2D eigenvalue weighted by Crippen LogP contribution is -2.52. The maximum atomic E-state index is 13.8. The number of ether oxygens (including phenoxy) is 1. The molecule has 1 aromatic carbocycles. The smallest absolute Gasteiger partial charge is 0.407 e. The third-order valence-corrected chi connectivity index (χ3v) is 10.7. The van der Waals surface area contributed by atoms with Crippen molar-refractivity contribution in [3.63, 3.8) is 0 Å². The van der Waals surface area contributed by atoms with Crippen LogP contribution in [0.25, 0.3) is 16.9 Å². The largest absolute Gasteiger partial charge is 0.493 e. The Morgan fingerprint density at radius 2 is 1.90 bits per heavy atom. The third kappa shape index (κ3) is 5.41. The Hall–Kier alpha value is -2.61. The Morgan fingerprint density at radius 3 is 2.51 bits per heavy atom. The second-order valence-electron chi connectivity index (χ2n) is 9.23. The van der Waals surface area contributed by atoms with Gasteiger partial charge in [0.25, 0.3) is 5.56 Å². The Labute approximate surface area is 227 Å². The lowest BCUT2D eigenvalue weighted by molar-refractivity contribution is 0.151. The van der Waals surface area contributed by atoms with Crippen LogP contribution in [0.5, 0.6) is 5.75 Å². The van der Waals surface area contributed by atoms with Gasteiger partial charge in [-0.3, -0.25) is 13.8 Å². The summed E-state index contributed by atoms with van der Waals surface area (Å²) >= 11 is 0. The van der Waals surface area contributed by atoms with Gasteiger partial charge in [-0.15, -0.1) is 5.10 Å². The summed E-state index contributed by atoms with van der Waals surface area (Å²) in [6.07, 6.45) is 1.44. The van der Waals surface area contributed by atoms with Crippen molar-refractivity contribution in [2.75, 3.05) is 40.5 Å². The van der Waals surface area contributed by atoms with Crippen LogP contribution in [0.1, 0.15) is 38.7 Å². The Kier molecular flexibility index (Phi) is 8.64. The Balaban J connectivity index is 1.77. The highest BCUT2D eigenvalue weighted by Crippen LogP contribution is 2.51. The second kappa shape index (κ2) is 11.5. The van der Waals surface area contributed by atoms with E-state index in [1.165, 1.54) is 39.8 Å². The molecule has 3 aromatic rings. The van der Waals surface area contributed by atoms with Crippen LogP contribution >= 0.6 is 7.75 Å². The number of nitrogens with zero attached hydrogens (tertiary/aromatic N) is 5. The number of piperazine rings is 1. The van der Waals surface area contributed by atoms with Crippen LogP contribution in [0.15, 0.2) is 27.9 Å². The molecule has 0 radical (unpaired) electrons. The number of hydrogen-bond acceptors (Lipinski definition) is 9. The number of aryl methyl sites for hydroxylation is 2. The number of sulfonamides is 1. The first-order valence-corrected chi connectivity index (χ1v) is 15.7. The Bertz CT molecular complexity index is 1560. The molecule has 1 unspecified atom stereocenters. The fraction of sp³-hybridized carbons (Fsp3) is 0.542. The van der Waals surface area contributed by atoms with E-state index in [1.807, 2.05) is 13.8 Å². The molecule has 214 valence electrons. The molecule has 1 aliphatic rings. The summed E-state index contributed by atoms with van der Waals surface area (Å²) in [6.45, 7) is 8.04. The van der Waals surface area contributed by atoms with Crippen LogP contribution in [-0.4, -0.2) is 83.5 Å². The van der Waals surface area contributed by atoms with Crippen molar-refractivity contribution in [2.24, 2.45) is 0 Å². The van der Waals surface area contributed by atoms with E-state index in [0.29, 0.717) is 41.4 Å². The van der Waals surface area contributed by atoms with Crippen LogP contribution in [0.2, 0.25) is 0 Å². The van der Waals surface area contributed by atoms with E-state index >= 15 is 0 Å². The second-order valence-corrected chi connectivity index (χ2v) is 13.4. The van der Waals surface area contributed by atoms with Crippen LogP contribution in [0.3, 0.4) is 0 Å². The third-order valence-electron chi connectivity index (χ3n) is 6.68. The van der Waals surface area contributed by atoms with E-state index in [-0.39, 0.29) is 35.9 Å². The van der Waals surface area contributed by atoms with Crippen LogP contribution in [-0.2, 0) is 30.1 Å². The number of aromatic nitrogens is 4. The van der Waals surface area contributed by atoms with Gasteiger partial charge in [0.15, 0.2) is 11.3 Å². The zero-order valence-electron chi connectivity index (χ0n) is 23.0. The highest BCUT2D eigenvalue weighted by molar-refractivity contribution is 7.89. The van der Waals surface area contributed by atoms with Crippen LogP contribution < -0.4 is 10.3 Å². The molecule has 4 rings (SSSR count). The summed E-state index contributed by atoms with van der Waals surface area (Å²) in [5, 5.41) is 4.64. The molecular formula is C24H35N6O7PS. The number of nitrogens with one attached hydrogen (secondary N) is 1. The molecular weight excluding hydrogens is 547 g/mol. The molecule has 13 nitrogen and oxygen atoms in total. The monoisotopic (exact) mass is 582 g/mol. The molecule has 2 aromatic heterocycles. The van der Waals surface area contributed by atoms with Crippen molar-refractivity contribution in [3.8, 4) is 17.1 Å². The summed E-state index contributed by atoms with van der Waals surface area (Å²) in [7, 11) is -4.88. The minimum absolute atomic E-state index is 0.0151. The molecule has 15 heteroatoms. The average Bonchev–Trinajstić information content (AvgIpc) is 3.23. The molecule has 39 heavy (non-hydrogen) atoms. The predicted octanol–water partition coefficient (Wildman–Crippen LogP) is 2.84. The van der Waals surface area contributed by atoms with E-state index in [2.05, 4.69) is 15.1 Å². The van der Waals surface area contributed by atoms with E-state index in [1.54, 1.807) is 19.9 Å². The molecule has 1 aliphatic heterocycles. The lowest BCUT2D eigenvalue weighted by Gasteiger charge is -2.40. The standard InChI is InChI=1S/C24H35N6O7PS/c1-7-9-21-25-17(4)22-24(31)26-23(27-30(21)22)19-14-18(10-11-20(19)37-8-2)39(33,34)29-13-12-28(15-16(29)3)38(32,35-5)36-6/h10-11,14,16H,7-9,12-13,15H2,1-6H3,(H,26,27,31).